The van der Waals surface area contributed by atoms with Crippen molar-refractivity contribution in [3.63, 3.8) is 0 Å². The number of carbonyl (C=O) groups is 1. The molecule has 0 saturated heterocycles. The SMILES string of the molecule is Cc1cc(Oc2ncccn2)ccc1NC(=O)C=Cc1c(F)cccc1F. The smallest absolute Gasteiger partial charge is 0.321 e. The molecule has 0 bridgehead atoms. The zero-order chi connectivity index (χ0) is 19.2. The van der Waals surface area contributed by atoms with E-state index in [9.17, 15) is 13.6 Å². The number of hydrogen-bond donors (Lipinski definition) is 1. The van der Waals surface area contributed by atoms with Crippen molar-refractivity contribution in [1.82, 2.24) is 9.97 Å². The normalized spacial score (nSPS) is 10.8. The van der Waals surface area contributed by atoms with E-state index in [2.05, 4.69) is 15.3 Å². The highest BCUT2D eigenvalue weighted by Crippen LogP contribution is 2.24. The number of carbonyl (C=O) groups excluding carboxylic acids is 1. The van der Waals surface area contributed by atoms with Crippen LogP contribution in [0, 0.1) is 18.6 Å². The fraction of sp³-hybridized carbons (Fsp3) is 0.0500. The molecule has 0 fully saturated rings. The molecule has 0 spiro atoms. The van der Waals surface area contributed by atoms with Gasteiger partial charge < -0.3 is 10.1 Å². The van der Waals surface area contributed by atoms with Gasteiger partial charge in [-0.05, 0) is 55.0 Å². The number of benzene rings is 2. The maximum absolute atomic E-state index is 13.6. The zero-order valence-electron chi connectivity index (χ0n) is 14.3. The maximum atomic E-state index is 13.6. The lowest BCUT2D eigenvalue weighted by molar-refractivity contribution is -0.111. The van der Waals surface area contributed by atoms with E-state index in [-0.39, 0.29) is 11.6 Å². The fourth-order valence-electron chi connectivity index (χ4n) is 2.29. The summed E-state index contributed by atoms with van der Waals surface area (Å²) < 4.78 is 32.7. The lowest BCUT2D eigenvalue weighted by atomic mass is 10.1. The topological polar surface area (TPSA) is 64.1 Å². The number of amides is 1. The summed E-state index contributed by atoms with van der Waals surface area (Å²) in [5.41, 5.74) is 1.01. The Morgan fingerprint density at radius 2 is 1.78 bits per heavy atom. The highest BCUT2D eigenvalue weighted by molar-refractivity contribution is 6.02. The highest BCUT2D eigenvalue weighted by atomic mass is 19.1. The fourth-order valence-corrected chi connectivity index (χ4v) is 2.29. The second kappa shape index (κ2) is 8.18. The third-order valence-electron chi connectivity index (χ3n) is 3.61. The molecule has 3 rings (SSSR count). The molecule has 2 aromatic carbocycles. The molecule has 0 unspecified atom stereocenters. The van der Waals surface area contributed by atoms with Crippen molar-refractivity contribution in [2.75, 3.05) is 5.32 Å². The van der Waals surface area contributed by atoms with Crippen LogP contribution in [0.1, 0.15) is 11.1 Å². The molecule has 0 atom stereocenters. The number of aryl methyl sites for hydroxylation is 1. The van der Waals surface area contributed by atoms with Crippen molar-refractivity contribution >= 4 is 17.7 Å². The first kappa shape index (κ1) is 18.2. The van der Waals surface area contributed by atoms with Crippen LogP contribution >= 0.6 is 0 Å². The molecular formula is C20H15F2N3O2. The molecule has 0 aliphatic heterocycles. The molecule has 0 saturated carbocycles. The Balaban J connectivity index is 1.68. The average molecular weight is 367 g/mol. The predicted octanol–water partition coefficient (Wildman–Crippen LogP) is 4.51. The molecule has 1 amide bonds. The van der Waals surface area contributed by atoms with E-state index < -0.39 is 17.5 Å². The van der Waals surface area contributed by atoms with Crippen molar-refractivity contribution in [2.24, 2.45) is 0 Å². The first-order valence-electron chi connectivity index (χ1n) is 8.01. The van der Waals surface area contributed by atoms with Gasteiger partial charge in [-0.25, -0.2) is 18.7 Å². The van der Waals surface area contributed by atoms with E-state index in [4.69, 9.17) is 4.74 Å². The third-order valence-corrected chi connectivity index (χ3v) is 3.61. The molecule has 7 heteroatoms. The van der Waals surface area contributed by atoms with Crippen molar-refractivity contribution < 1.29 is 18.3 Å². The van der Waals surface area contributed by atoms with Crippen LogP contribution in [0.15, 0.2) is 60.9 Å². The van der Waals surface area contributed by atoms with Crippen molar-refractivity contribution in [3.05, 3.63) is 83.7 Å². The van der Waals surface area contributed by atoms with E-state index >= 15 is 0 Å². The van der Waals surface area contributed by atoms with E-state index in [1.165, 1.54) is 6.07 Å². The van der Waals surface area contributed by atoms with Gasteiger partial charge in [-0.3, -0.25) is 4.79 Å². The Morgan fingerprint density at radius 1 is 1.07 bits per heavy atom. The van der Waals surface area contributed by atoms with Gasteiger partial charge in [0.2, 0.25) is 5.91 Å². The van der Waals surface area contributed by atoms with Gasteiger partial charge in [-0.2, -0.15) is 0 Å². The second-order valence-corrected chi connectivity index (χ2v) is 5.57. The lowest BCUT2D eigenvalue weighted by Crippen LogP contribution is -2.09. The van der Waals surface area contributed by atoms with Gasteiger partial charge in [0.15, 0.2) is 0 Å². The van der Waals surface area contributed by atoms with Gasteiger partial charge in [0.1, 0.15) is 17.4 Å². The number of rotatable bonds is 5. The Morgan fingerprint density at radius 3 is 2.44 bits per heavy atom. The summed E-state index contributed by atoms with van der Waals surface area (Å²) in [6.07, 6.45) is 5.30. The maximum Gasteiger partial charge on any atom is 0.321 e. The molecule has 1 heterocycles. The molecule has 0 aliphatic carbocycles. The first-order chi connectivity index (χ1) is 13.0. The quantitative estimate of drug-likeness (QED) is 0.674. The average Bonchev–Trinajstić information content (AvgIpc) is 2.64. The Labute approximate surface area is 154 Å². The number of anilines is 1. The van der Waals surface area contributed by atoms with E-state index in [1.54, 1.807) is 43.6 Å². The van der Waals surface area contributed by atoms with Crippen LogP contribution in [0.25, 0.3) is 6.08 Å². The van der Waals surface area contributed by atoms with Crippen LogP contribution in [-0.4, -0.2) is 15.9 Å². The Hall–Kier alpha value is -3.61. The van der Waals surface area contributed by atoms with E-state index in [0.717, 1.165) is 29.8 Å². The number of halogens is 2. The number of nitrogens with one attached hydrogen (secondary N) is 1. The Kier molecular flexibility index (Phi) is 5.51. The van der Waals surface area contributed by atoms with Crippen LogP contribution < -0.4 is 10.1 Å². The number of aromatic nitrogens is 2. The number of hydrogen-bond acceptors (Lipinski definition) is 4. The molecule has 1 N–H and O–H groups in total. The molecule has 1 aromatic heterocycles. The van der Waals surface area contributed by atoms with Gasteiger partial charge in [0.25, 0.3) is 0 Å². The molecule has 136 valence electrons. The summed E-state index contributed by atoms with van der Waals surface area (Å²) in [6, 6.07) is 10.4. The summed E-state index contributed by atoms with van der Waals surface area (Å²) in [7, 11) is 0. The van der Waals surface area contributed by atoms with Gasteiger partial charge in [-0.1, -0.05) is 6.07 Å². The van der Waals surface area contributed by atoms with Gasteiger partial charge in [0.05, 0.1) is 0 Å². The van der Waals surface area contributed by atoms with Crippen molar-refractivity contribution in [2.45, 2.75) is 6.92 Å². The van der Waals surface area contributed by atoms with Crippen molar-refractivity contribution in [1.29, 1.82) is 0 Å². The molecule has 27 heavy (non-hydrogen) atoms. The number of nitrogens with zero attached hydrogens (tertiary/aromatic N) is 2. The van der Waals surface area contributed by atoms with Crippen LogP contribution in [0.5, 0.6) is 11.8 Å². The van der Waals surface area contributed by atoms with E-state index in [0.29, 0.717) is 11.4 Å². The van der Waals surface area contributed by atoms with Crippen LogP contribution in [-0.2, 0) is 4.79 Å². The molecule has 0 radical (unpaired) electrons. The lowest BCUT2D eigenvalue weighted by Gasteiger charge is -2.09. The molecule has 5 nitrogen and oxygen atoms in total. The summed E-state index contributed by atoms with van der Waals surface area (Å²) in [6.45, 7) is 1.79. The van der Waals surface area contributed by atoms with Gasteiger partial charge in [-0.15, -0.1) is 0 Å². The minimum Gasteiger partial charge on any atom is -0.424 e. The van der Waals surface area contributed by atoms with Crippen LogP contribution in [0.2, 0.25) is 0 Å². The molecule has 3 aromatic rings. The summed E-state index contributed by atoms with van der Waals surface area (Å²) in [5.74, 6) is -1.47. The Bertz CT molecular complexity index is 972. The summed E-state index contributed by atoms with van der Waals surface area (Å²) >= 11 is 0. The van der Waals surface area contributed by atoms with Gasteiger partial charge in [0, 0.05) is 29.7 Å². The minimum absolute atomic E-state index is 0.212. The minimum atomic E-state index is -0.736. The second-order valence-electron chi connectivity index (χ2n) is 5.57. The standard InChI is InChI=1S/C20H15F2N3O2/c1-13-12-14(27-20-23-10-3-11-24-20)6-8-18(13)25-19(26)9-7-15-16(21)4-2-5-17(15)22/h2-12H,1H3,(H,25,26). The van der Waals surface area contributed by atoms with E-state index in [1.807, 2.05) is 0 Å². The van der Waals surface area contributed by atoms with Gasteiger partial charge >= 0.3 is 6.01 Å². The predicted molar refractivity (Wildman–Crippen MR) is 97.3 cm³/mol. The molecule has 0 aliphatic rings. The largest absolute Gasteiger partial charge is 0.424 e. The number of ether oxygens (including phenoxy) is 1. The van der Waals surface area contributed by atoms with Crippen molar-refractivity contribution in [3.8, 4) is 11.8 Å². The third kappa shape index (κ3) is 4.72. The first-order valence-corrected chi connectivity index (χ1v) is 8.01. The van der Waals surface area contributed by atoms with Crippen LogP contribution in [0.3, 0.4) is 0 Å². The zero-order valence-corrected chi connectivity index (χ0v) is 14.3. The summed E-state index contributed by atoms with van der Waals surface area (Å²) in [5, 5.41) is 2.65. The summed E-state index contributed by atoms with van der Waals surface area (Å²) in [4.78, 5) is 20.0. The van der Waals surface area contributed by atoms with Crippen LogP contribution in [0.4, 0.5) is 14.5 Å². The highest BCUT2D eigenvalue weighted by Gasteiger charge is 2.08. The molecular weight excluding hydrogens is 352 g/mol. The monoisotopic (exact) mass is 367 g/mol.